The summed E-state index contributed by atoms with van der Waals surface area (Å²) in [7, 11) is -3.47. The molecule has 3 unspecified atom stereocenters. The van der Waals surface area contributed by atoms with Gasteiger partial charge < -0.3 is 15.8 Å². The van der Waals surface area contributed by atoms with Gasteiger partial charge in [-0.2, -0.15) is 0 Å². The number of sulfone groups is 1. The number of carbonyl (C=O) groups excluding carboxylic acids is 1. The summed E-state index contributed by atoms with van der Waals surface area (Å²) in [6.45, 7) is 5.18. The van der Waals surface area contributed by atoms with Gasteiger partial charge in [0.1, 0.15) is 4.75 Å². The van der Waals surface area contributed by atoms with Crippen molar-refractivity contribution in [2.45, 2.75) is 50.1 Å². The van der Waals surface area contributed by atoms with Crippen LogP contribution in [0.25, 0.3) is 0 Å². The Labute approximate surface area is 108 Å². The third-order valence-electron chi connectivity index (χ3n) is 3.52. The van der Waals surface area contributed by atoms with E-state index < -0.39 is 20.5 Å². The average Bonchev–Trinajstić information content (AvgIpc) is 2.23. The molecule has 18 heavy (non-hydrogen) atoms. The molecule has 0 spiro atoms. The smallest absolute Gasteiger partial charge is 0.241 e. The van der Waals surface area contributed by atoms with Crippen LogP contribution in [0.5, 0.6) is 0 Å². The van der Waals surface area contributed by atoms with E-state index in [1.807, 2.05) is 6.92 Å². The van der Waals surface area contributed by atoms with Gasteiger partial charge in [0.05, 0.1) is 12.1 Å². The molecule has 3 N–H and O–H groups in total. The molecular formula is C11H22N2O4S. The topological polar surface area (TPSA) is 98.5 Å². The van der Waals surface area contributed by atoms with Crippen LogP contribution in [-0.2, 0) is 19.4 Å². The standard InChI is InChI=1S/C11H22N2O4S/c1-5-17-8-6-7(12)9(8)13-10(14)11(2,3)18(4,15)16/h7-9H,5-6,12H2,1-4H3,(H,13,14). The molecule has 0 aromatic heterocycles. The summed E-state index contributed by atoms with van der Waals surface area (Å²) in [5.41, 5.74) is 5.80. The maximum absolute atomic E-state index is 12.0. The number of ether oxygens (including phenoxy) is 1. The van der Waals surface area contributed by atoms with Crippen molar-refractivity contribution in [3.05, 3.63) is 0 Å². The lowest BCUT2D eigenvalue weighted by molar-refractivity contribution is -0.127. The zero-order valence-electron chi connectivity index (χ0n) is 11.3. The molecule has 1 amide bonds. The Morgan fingerprint density at radius 1 is 1.50 bits per heavy atom. The van der Waals surface area contributed by atoms with E-state index in [1.54, 1.807) is 0 Å². The minimum atomic E-state index is -3.47. The third kappa shape index (κ3) is 2.84. The number of hydrogen-bond donors (Lipinski definition) is 2. The lowest BCUT2D eigenvalue weighted by atomic mass is 9.83. The van der Waals surface area contributed by atoms with Crippen molar-refractivity contribution < 1.29 is 17.9 Å². The maximum Gasteiger partial charge on any atom is 0.241 e. The second-order valence-electron chi connectivity index (χ2n) is 5.18. The molecule has 0 aromatic rings. The molecule has 0 heterocycles. The number of rotatable bonds is 5. The first-order valence-electron chi connectivity index (χ1n) is 5.99. The Bertz CT molecular complexity index is 417. The van der Waals surface area contributed by atoms with Crippen LogP contribution < -0.4 is 11.1 Å². The van der Waals surface area contributed by atoms with Crippen molar-refractivity contribution >= 4 is 15.7 Å². The Balaban J connectivity index is 2.70. The molecule has 0 aliphatic heterocycles. The molecule has 7 heteroatoms. The fourth-order valence-corrected chi connectivity index (χ4v) is 2.12. The summed E-state index contributed by atoms with van der Waals surface area (Å²) in [4.78, 5) is 12.0. The van der Waals surface area contributed by atoms with Crippen LogP contribution in [0.3, 0.4) is 0 Å². The zero-order chi connectivity index (χ0) is 14.1. The highest BCUT2D eigenvalue weighted by Crippen LogP contribution is 2.24. The summed E-state index contributed by atoms with van der Waals surface area (Å²) in [6, 6.07) is -0.487. The van der Waals surface area contributed by atoms with Gasteiger partial charge in [-0.05, 0) is 27.2 Å². The van der Waals surface area contributed by atoms with Gasteiger partial charge in [0.25, 0.3) is 0 Å². The number of nitrogens with two attached hydrogens (primary N) is 1. The summed E-state index contributed by atoms with van der Waals surface area (Å²) >= 11 is 0. The van der Waals surface area contributed by atoms with E-state index >= 15 is 0 Å². The largest absolute Gasteiger partial charge is 0.376 e. The highest BCUT2D eigenvalue weighted by Gasteiger charge is 2.45. The molecule has 0 radical (unpaired) electrons. The molecule has 3 atom stereocenters. The van der Waals surface area contributed by atoms with E-state index in [-0.39, 0.29) is 18.2 Å². The van der Waals surface area contributed by atoms with E-state index in [2.05, 4.69) is 5.32 Å². The SMILES string of the molecule is CCOC1CC(N)C1NC(=O)C(C)(C)S(C)(=O)=O. The average molecular weight is 278 g/mol. The first-order valence-corrected chi connectivity index (χ1v) is 7.88. The number of hydrogen-bond acceptors (Lipinski definition) is 5. The highest BCUT2D eigenvalue weighted by atomic mass is 32.2. The maximum atomic E-state index is 12.0. The van der Waals surface area contributed by atoms with E-state index in [0.29, 0.717) is 13.0 Å². The number of amides is 1. The minimum absolute atomic E-state index is 0.121. The van der Waals surface area contributed by atoms with Gasteiger partial charge in [-0.3, -0.25) is 4.79 Å². The molecular weight excluding hydrogens is 256 g/mol. The minimum Gasteiger partial charge on any atom is -0.376 e. The Kier molecular flexibility index (Phi) is 4.40. The molecule has 1 rings (SSSR count). The predicted octanol–water partition coefficient (Wildman–Crippen LogP) is -0.569. The van der Waals surface area contributed by atoms with Crippen molar-refractivity contribution in [2.75, 3.05) is 12.9 Å². The van der Waals surface area contributed by atoms with Crippen molar-refractivity contribution in [1.82, 2.24) is 5.32 Å². The molecule has 6 nitrogen and oxygen atoms in total. The van der Waals surface area contributed by atoms with Gasteiger partial charge in [0.2, 0.25) is 5.91 Å². The molecule has 1 fully saturated rings. The molecule has 0 bridgehead atoms. The van der Waals surface area contributed by atoms with Crippen molar-refractivity contribution in [1.29, 1.82) is 0 Å². The van der Waals surface area contributed by atoms with E-state index in [9.17, 15) is 13.2 Å². The van der Waals surface area contributed by atoms with E-state index in [1.165, 1.54) is 13.8 Å². The molecule has 1 aliphatic carbocycles. The molecule has 1 saturated carbocycles. The van der Waals surface area contributed by atoms with Gasteiger partial charge in [-0.25, -0.2) is 8.42 Å². The number of carbonyl (C=O) groups is 1. The molecule has 0 aromatic carbocycles. The van der Waals surface area contributed by atoms with Gasteiger partial charge in [0.15, 0.2) is 9.84 Å². The predicted molar refractivity (Wildman–Crippen MR) is 68.9 cm³/mol. The van der Waals surface area contributed by atoms with E-state index in [4.69, 9.17) is 10.5 Å². The van der Waals surface area contributed by atoms with Gasteiger partial charge in [-0.15, -0.1) is 0 Å². The van der Waals surface area contributed by atoms with Crippen LogP contribution in [0.15, 0.2) is 0 Å². The summed E-state index contributed by atoms with van der Waals surface area (Å²) < 4.78 is 27.1. The van der Waals surface area contributed by atoms with Crippen LogP contribution in [-0.4, -0.2) is 50.1 Å². The van der Waals surface area contributed by atoms with Crippen LogP contribution in [0.1, 0.15) is 27.2 Å². The molecule has 0 saturated heterocycles. The van der Waals surface area contributed by atoms with Gasteiger partial charge in [0, 0.05) is 18.9 Å². The lowest BCUT2D eigenvalue weighted by Gasteiger charge is -2.43. The lowest BCUT2D eigenvalue weighted by Crippen LogP contribution is -2.67. The fraction of sp³-hybridized carbons (Fsp3) is 0.909. The Hall–Kier alpha value is -0.660. The molecule has 1 aliphatic rings. The first kappa shape index (κ1) is 15.4. The van der Waals surface area contributed by atoms with Crippen molar-refractivity contribution in [3.8, 4) is 0 Å². The van der Waals surface area contributed by atoms with Crippen molar-refractivity contribution in [3.63, 3.8) is 0 Å². The van der Waals surface area contributed by atoms with Crippen LogP contribution in [0.4, 0.5) is 0 Å². The zero-order valence-corrected chi connectivity index (χ0v) is 12.1. The van der Waals surface area contributed by atoms with Gasteiger partial charge in [-0.1, -0.05) is 0 Å². The first-order chi connectivity index (χ1) is 8.11. The second-order valence-corrected chi connectivity index (χ2v) is 7.74. The third-order valence-corrected chi connectivity index (χ3v) is 5.56. The Morgan fingerprint density at radius 2 is 2.06 bits per heavy atom. The van der Waals surface area contributed by atoms with Crippen LogP contribution in [0.2, 0.25) is 0 Å². The van der Waals surface area contributed by atoms with Crippen molar-refractivity contribution in [2.24, 2.45) is 5.73 Å². The van der Waals surface area contributed by atoms with Gasteiger partial charge >= 0.3 is 0 Å². The van der Waals surface area contributed by atoms with Crippen LogP contribution >= 0.6 is 0 Å². The summed E-state index contributed by atoms with van der Waals surface area (Å²) in [6.07, 6.45) is 1.61. The number of nitrogens with one attached hydrogen (secondary N) is 1. The monoisotopic (exact) mass is 278 g/mol. The fourth-order valence-electron chi connectivity index (χ4n) is 1.72. The highest BCUT2D eigenvalue weighted by molar-refractivity contribution is 7.92. The molecule has 106 valence electrons. The quantitative estimate of drug-likeness (QED) is 0.702. The van der Waals surface area contributed by atoms with E-state index in [0.717, 1.165) is 6.26 Å². The van der Waals surface area contributed by atoms with Crippen LogP contribution in [0, 0.1) is 0 Å². The normalized spacial score (nSPS) is 28.6. The Morgan fingerprint density at radius 3 is 2.44 bits per heavy atom. The second kappa shape index (κ2) is 5.14. The summed E-state index contributed by atoms with van der Waals surface area (Å²) in [5.74, 6) is -0.533. The summed E-state index contributed by atoms with van der Waals surface area (Å²) in [5, 5.41) is 2.68.